The second kappa shape index (κ2) is 7.45. The fourth-order valence-electron chi connectivity index (χ4n) is 2.99. The topological polar surface area (TPSA) is 24.1 Å². The van der Waals surface area contributed by atoms with Gasteiger partial charge in [-0.15, -0.1) is 0 Å². The lowest BCUT2D eigenvalue weighted by Gasteiger charge is -2.15. The largest absolute Gasteiger partial charge is 0.362 e. The highest BCUT2D eigenvalue weighted by Gasteiger charge is 2.05. The van der Waals surface area contributed by atoms with E-state index in [9.17, 15) is 0 Å². The number of fused-ring (bicyclic) bond motifs is 1. The molecule has 122 valence electrons. The van der Waals surface area contributed by atoms with Gasteiger partial charge in [-0.1, -0.05) is 60.7 Å². The van der Waals surface area contributed by atoms with Crippen molar-refractivity contribution in [1.29, 1.82) is 0 Å². The molecule has 0 unspecified atom stereocenters. The minimum atomic E-state index is 0.674. The van der Waals surface area contributed by atoms with Crippen LogP contribution in [0, 0.1) is 13.8 Å². The summed E-state index contributed by atoms with van der Waals surface area (Å²) in [5.74, 6) is 0. The van der Waals surface area contributed by atoms with Crippen molar-refractivity contribution in [2.45, 2.75) is 20.3 Å². The summed E-state index contributed by atoms with van der Waals surface area (Å²) in [6.07, 6.45) is 0.940. The summed E-state index contributed by atoms with van der Waals surface area (Å²) in [7, 11) is 0. The zero-order valence-electron chi connectivity index (χ0n) is 14.1. The number of rotatable bonds is 4. The lowest BCUT2D eigenvalue weighted by atomic mass is 10.0. The van der Waals surface area contributed by atoms with Crippen molar-refractivity contribution in [3.63, 3.8) is 0 Å². The van der Waals surface area contributed by atoms with Gasteiger partial charge in [-0.05, 0) is 59.9 Å². The Hall–Kier alpha value is -2.39. The van der Waals surface area contributed by atoms with Crippen molar-refractivity contribution in [3.8, 4) is 0 Å². The Morgan fingerprint density at radius 3 is 2.33 bits per heavy atom. The van der Waals surface area contributed by atoms with Crippen LogP contribution in [-0.2, 0) is 6.42 Å². The van der Waals surface area contributed by atoms with E-state index in [1.807, 2.05) is 0 Å². The lowest BCUT2D eigenvalue weighted by Crippen LogP contribution is -2.30. The smallest absolute Gasteiger partial charge is 0.170 e. The van der Waals surface area contributed by atoms with Gasteiger partial charge in [-0.25, -0.2) is 0 Å². The molecule has 0 saturated heterocycles. The number of nitrogens with one attached hydrogen (secondary N) is 2. The first-order chi connectivity index (χ1) is 11.6. The van der Waals surface area contributed by atoms with Gasteiger partial charge in [-0.2, -0.15) is 0 Å². The van der Waals surface area contributed by atoms with Gasteiger partial charge >= 0.3 is 0 Å². The molecule has 0 aromatic heterocycles. The lowest BCUT2D eigenvalue weighted by molar-refractivity contribution is 0.878. The average molecular weight is 334 g/mol. The standard InChI is InChI=1S/C21H22N2S/c1-15-7-5-8-16(2)20(15)23-21(24)22-14-13-18-11-6-10-17-9-3-4-12-19(17)18/h3-12H,13-14H2,1-2H3,(H2,22,23,24). The van der Waals surface area contributed by atoms with Crippen molar-refractivity contribution >= 4 is 33.8 Å². The van der Waals surface area contributed by atoms with Crippen LogP contribution in [0.2, 0.25) is 0 Å². The summed E-state index contributed by atoms with van der Waals surface area (Å²) < 4.78 is 0. The molecule has 0 bridgehead atoms. The molecule has 2 N–H and O–H groups in total. The highest BCUT2D eigenvalue weighted by Crippen LogP contribution is 2.20. The molecule has 2 nitrogen and oxygen atoms in total. The summed E-state index contributed by atoms with van der Waals surface area (Å²) in [5, 5.41) is 9.91. The van der Waals surface area contributed by atoms with E-state index in [-0.39, 0.29) is 0 Å². The van der Waals surface area contributed by atoms with Gasteiger partial charge in [0.15, 0.2) is 5.11 Å². The molecule has 3 rings (SSSR count). The molecule has 0 amide bonds. The highest BCUT2D eigenvalue weighted by atomic mass is 32.1. The predicted octanol–water partition coefficient (Wildman–Crippen LogP) is 4.99. The van der Waals surface area contributed by atoms with Gasteiger partial charge in [0.2, 0.25) is 0 Å². The zero-order chi connectivity index (χ0) is 16.9. The van der Waals surface area contributed by atoms with Crippen LogP contribution in [-0.4, -0.2) is 11.7 Å². The van der Waals surface area contributed by atoms with Gasteiger partial charge in [0.05, 0.1) is 0 Å². The summed E-state index contributed by atoms with van der Waals surface area (Å²) in [5.41, 5.74) is 4.84. The second-order valence-electron chi connectivity index (χ2n) is 6.04. The molecule has 0 radical (unpaired) electrons. The number of anilines is 1. The molecule has 0 saturated carbocycles. The molecule has 0 heterocycles. The number of hydrogen-bond donors (Lipinski definition) is 2. The molecule has 0 spiro atoms. The third-order valence-corrected chi connectivity index (χ3v) is 4.53. The number of aryl methyl sites for hydroxylation is 2. The first-order valence-electron chi connectivity index (χ1n) is 8.23. The van der Waals surface area contributed by atoms with Crippen LogP contribution >= 0.6 is 12.2 Å². The zero-order valence-corrected chi connectivity index (χ0v) is 14.9. The van der Waals surface area contributed by atoms with Crippen LogP contribution in [0.3, 0.4) is 0 Å². The quantitative estimate of drug-likeness (QED) is 0.658. The fourth-order valence-corrected chi connectivity index (χ4v) is 3.19. The maximum Gasteiger partial charge on any atom is 0.170 e. The van der Waals surface area contributed by atoms with E-state index in [4.69, 9.17) is 12.2 Å². The first-order valence-corrected chi connectivity index (χ1v) is 8.63. The number of thiocarbonyl (C=S) groups is 1. The monoisotopic (exact) mass is 334 g/mol. The van der Waals surface area contributed by atoms with Gasteiger partial charge < -0.3 is 10.6 Å². The number of hydrogen-bond acceptors (Lipinski definition) is 1. The molecule has 3 heteroatoms. The SMILES string of the molecule is Cc1cccc(C)c1NC(=S)NCCc1cccc2ccccc12. The predicted molar refractivity (Wildman–Crippen MR) is 108 cm³/mol. The van der Waals surface area contributed by atoms with E-state index in [1.165, 1.54) is 27.5 Å². The number of para-hydroxylation sites is 1. The average Bonchev–Trinajstić information content (AvgIpc) is 2.58. The van der Waals surface area contributed by atoms with Gasteiger partial charge in [0.25, 0.3) is 0 Å². The Labute approximate surface area is 148 Å². The number of benzene rings is 3. The van der Waals surface area contributed by atoms with Crippen molar-refractivity contribution in [1.82, 2.24) is 5.32 Å². The van der Waals surface area contributed by atoms with Gasteiger partial charge in [0, 0.05) is 12.2 Å². The minimum absolute atomic E-state index is 0.674. The van der Waals surface area contributed by atoms with E-state index in [1.54, 1.807) is 0 Å². The molecule has 3 aromatic carbocycles. The Balaban J connectivity index is 1.61. The van der Waals surface area contributed by atoms with E-state index >= 15 is 0 Å². The van der Waals surface area contributed by atoms with Gasteiger partial charge in [-0.3, -0.25) is 0 Å². The molecular weight excluding hydrogens is 312 g/mol. The Morgan fingerprint density at radius 1 is 0.875 bits per heavy atom. The normalized spacial score (nSPS) is 10.6. The summed E-state index contributed by atoms with van der Waals surface area (Å²) in [6, 6.07) is 21.2. The third kappa shape index (κ3) is 3.74. The maximum absolute atomic E-state index is 5.44. The summed E-state index contributed by atoms with van der Waals surface area (Å²) in [6.45, 7) is 4.99. The van der Waals surface area contributed by atoms with Crippen LogP contribution in [0.1, 0.15) is 16.7 Å². The van der Waals surface area contributed by atoms with Crippen LogP contribution < -0.4 is 10.6 Å². The van der Waals surface area contributed by atoms with Crippen LogP contribution in [0.15, 0.2) is 60.7 Å². The molecule has 0 atom stereocenters. The van der Waals surface area contributed by atoms with E-state index in [2.05, 4.69) is 85.1 Å². The molecule has 0 aliphatic carbocycles. The van der Waals surface area contributed by atoms with Crippen LogP contribution in [0.25, 0.3) is 10.8 Å². The molecule has 0 aliphatic rings. The van der Waals surface area contributed by atoms with Crippen LogP contribution in [0.5, 0.6) is 0 Å². The molecule has 0 fully saturated rings. The van der Waals surface area contributed by atoms with Crippen molar-refractivity contribution < 1.29 is 0 Å². The fraction of sp³-hybridized carbons (Fsp3) is 0.190. The summed E-state index contributed by atoms with van der Waals surface area (Å²) >= 11 is 5.44. The molecule has 3 aromatic rings. The van der Waals surface area contributed by atoms with Crippen LogP contribution in [0.4, 0.5) is 5.69 Å². The van der Waals surface area contributed by atoms with Crippen molar-refractivity contribution in [2.75, 3.05) is 11.9 Å². The third-order valence-electron chi connectivity index (χ3n) is 4.28. The van der Waals surface area contributed by atoms with Crippen molar-refractivity contribution in [2.24, 2.45) is 0 Å². The van der Waals surface area contributed by atoms with Crippen molar-refractivity contribution in [3.05, 3.63) is 77.4 Å². The maximum atomic E-state index is 5.44. The summed E-state index contributed by atoms with van der Waals surface area (Å²) in [4.78, 5) is 0. The highest BCUT2D eigenvalue weighted by molar-refractivity contribution is 7.80. The van der Waals surface area contributed by atoms with Gasteiger partial charge in [0.1, 0.15) is 0 Å². The second-order valence-corrected chi connectivity index (χ2v) is 6.44. The molecule has 0 aliphatic heterocycles. The Bertz CT molecular complexity index is 845. The molecule has 24 heavy (non-hydrogen) atoms. The van der Waals surface area contributed by atoms with E-state index in [0.29, 0.717) is 5.11 Å². The Morgan fingerprint density at radius 2 is 1.54 bits per heavy atom. The van der Waals surface area contributed by atoms with E-state index < -0.39 is 0 Å². The van der Waals surface area contributed by atoms with E-state index in [0.717, 1.165) is 18.7 Å². The Kier molecular flexibility index (Phi) is 5.11. The minimum Gasteiger partial charge on any atom is -0.362 e. The first kappa shape index (κ1) is 16.5. The molecular formula is C21H22N2S.